The number of nitrogens with one attached hydrogen (secondary N) is 1. The van der Waals surface area contributed by atoms with Crippen molar-refractivity contribution in [2.24, 2.45) is 23.0 Å². The molecule has 1 fully saturated rings. The van der Waals surface area contributed by atoms with Gasteiger partial charge in [0.15, 0.2) is 0 Å². The number of piperidine rings is 1. The molecule has 0 radical (unpaired) electrons. The van der Waals surface area contributed by atoms with Gasteiger partial charge >= 0.3 is 0 Å². The average molecular weight is 198 g/mol. The Morgan fingerprint density at radius 2 is 1.93 bits per heavy atom. The highest BCUT2D eigenvalue weighted by Crippen LogP contribution is 2.33. The molecule has 0 aromatic rings. The van der Waals surface area contributed by atoms with E-state index in [1.165, 1.54) is 12.8 Å². The third-order valence-corrected chi connectivity index (χ3v) is 3.23. The van der Waals surface area contributed by atoms with Gasteiger partial charge in [0.25, 0.3) is 0 Å². The molecule has 0 saturated carbocycles. The summed E-state index contributed by atoms with van der Waals surface area (Å²) in [5.41, 5.74) is 6.26. The van der Waals surface area contributed by atoms with Crippen LogP contribution >= 0.6 is 0 Å². The number of rotatable bonds is 2. The second kappa shape index (κ2) is 4.63. The lowest BCUT2D eigenvalue weighted by Crippen LogP contribution is -2.46. The Morgan fingerprint density at radius 3 is 2.43 bits per heavy atom. The predicted octanol–water partition coefficient (Wildman–Crippen LogP) is 2.00. The zero-order valence-electron chi connectivity index (χ0n) is 10.1. The molecule has 1 aliphatic rings. The molecule has 2 heteroatoms. The smallest absolute Gasteiger partial charge is 0.00416 e. The molecule has 1 heterocycles. The fraction of sp³-hybridized carbons (Fsp3) is 1.00. The minimum absolute atomic E-state index is 0.440. The molecule has 3 N–H and O–H groups in total. The third-order valence-electron chi connectivity index (χ3n) is 3.23. The summed E-state index contributed by atoms with van der Waals surface area (Å²) < 4.78 is 0. The number of hydrogen-bond acceptors (Lipinski definition) is 2. The number of nitrogens with two attached hydrogens (primary N) is 1. The molecular formula is C12H26N2. The van der Waals surface area contributed by atoms with Crippen molar-refractivity contribution in [2.75, 3.05) is 13.1 Å². The predicted molar refractivity (Wildman–Crippen MR) is 62.2 cm³/mol. The van der Waals surface area contributed by atoms with Crippen molar-refractivity contribution >= 4 is 0 Å². The zero-order valence-corrected chi connectivity index (χ0v) is 10.1. The highest BCUT2D eigenvalue weighted by atomic mass is 14.9. The van der Waals surface area contributed by atoms with E-state index in [0.29, 0.717) is 17.4 Å². The van der Waals surface area contributed by atoms with Gasteiger partial charge in [-0.1, -0.05) is 20.8 Å². The normalized spacial score (nSPS) is 34.5. The first-order chi connectivity index (χ1) is 6.42. The van der Waals surface area contributed by atoms with Crippen LogP contribution in [-0.4, -0.2) is 19.1 Å². The summed E-state index contributed by atoms with van der Waals surface area (Å²) in [6.45, 7) is 11.2. The van der Waals surface area contributed by atoms with Gasteiger partial charge < -0.3 is 11.1 Å². The van der Waals surface area contributed by atoms with E-state index in [1.54, 1.807) is 0 Å². The van der Waals surface area contributed by atoms with E-state index < -0.39 is 0 Å². The quantitative estimate of drug-likeness (QED) is 0.712. The first-order valence-corrected chi connectivity index (χ1v) is 5.86. The van der Waals surface area contributed by atoms with E-state index in [-0.39, 0.29) is 0 Å². The summed E-state index contributed by atoms with van der Waals surface area (Å²) >= 11 is 0. The van der Waals surface area contributed by atoms with Gasteiger partial charge in [-0.3, -0.25) is 0 Å². The largest absolute Gasteiger partial charge is 0.330 e. The van der Waals surface area contributed by atoms with E-state index in [1.807, 2.05) is 0 Å². The fourth-order valence-corrected chi connectivity index (χ4v) is 2.56. The maximum atomic E-state index is 5.82. The number of hydrogen-bond donors (Lipinski definition) is 2. The molecule has 1 saturated heterocycles. The molecular weight excluding hydrogens is 172 g/mol. The van der Waals surface area contributed by atoms with Crippen molar-refractivity contribution in [1.29, 1.82) is 0 Å². The van der Waals surface area contributed by atoms with Crippen molar-refractivity contribution in [2.45, 2.75) is 46.6 Å². The summed E-state index contributed by atoms with van der Waals surface area (Å²) in [6.07, 6.45) is 2.60. The van der Waals surface area contributed by atoms with Gasteiger partial charge in [0.2, 0.25) is 0 Å². The Bertz CT molecular complexity index is 172. The molecule has 0 spiro atoms. The summed E-state index contributed by atoms with van der Waals surface area (Å²) in [7, 11) is 0. The van der Waals surface area contributed by atoms with Gasteiger partial charge in [0.1, 0.15) is 0 Å². The fourth-order valence-electron chi connectivity index (χ4n) is 2.56. The van der Waals surface area contributed by atoms with Gasteiger partial charge in [-0.25, -0.2) is 0 Å². The Labute approximate surface area is 88.6 Å². The molecule has 1 aliphatic heterocycles. The van der Waals surface area contributed by atoms with Gasteiger partial charge in [-0.05, 0) is 50.1 Å². The van der Waals surface area contributed by atoms with E-state index in [9.17, 15) is 0 Å². The van der Waals surface area contributed by atoms with Crippen molar-refractivity contribution in [3.05, 3.63) is 0 Å². The molecule has 14 heavy (non-hydrogen) atoms. The minimum atomic E-state index is 0.440. The van der Waals surface area contributed by atoms with Crippen molar-refractivity contribution in [1.82, 2.24) is 5.32 Å². The standard InChI is InChI=1S/C12H26N2/c1-9-5-10(6-12(2,3)4)11(7-13)8-14-9/h9-11,14H,5-8,13H2,1-4H3. The second-order valence-electron chi connectivity index (χ2n) is 6.07. The SMILES string of the molecule is CC1CC(CC(C)(C)C)C(CN)CN1. The van der Waals surface area contributed by atoms with Gasteiger partial charge in [0, 0.05) is 6.04 Å². The minimum Gasteiger partial charge on any atom is -0.330 e. The topological polar surface area (TPSA) is 38.0 Å². The van der Waals surface area contributed by atoms with Gasteiger partial charge in [-0.2, -0.15) is 0 Å². The van der Waals surface area contributed by atoms with Crippen LogP contribution in [0.25, 0.3) is 0 Å². The lowest BCUT2D eigenvalue weighted by molar-refractivity contribution is 0.161. The summed E-state index contributed by atoms with van der Waals surface area (Å²) in [6, 6.07) is 0.671. The maximum Gasteiger partial charge on any atom is 0.00416 e. The molecule has 3 unspecified atom stereocenters. The Morgan fingerprint density at radius 1 is 1.29 bits per heavy atom. The Balaban J connectivity index is 2.53. The van der Waals surface area contributed by atoms with Crippen LogP contribution in [0.3, 0.4) is 0 Å². The van der Waals surface area contributed by atoms with Crippen LogP contribution in [0.2, 0.25) is 0 Å². The zero-order chi connectivity index (χ0) is 10.8. The van der Waals surface area contributed by atoms with Crippen LogP contribution in [0.1, 0.15) is 40.5 Å². The summed E-state index contributed by atoms with van der Waals surface area (Å²) in [5, 5.41) is 3.52. The van der Waals surface area contributed by atoms with Crippen LogP contribution in [0.4, 0.5) is 0 Å². The second-order valence-corrected chi connectivity index (χ2v) is 6.07. The monoisotopic (exact) mass is 198 g/mol. The van der Waals surface area contributed by atoms with E-state index in [4.69, 9.17) is 5.73 Å². The van der Waals surface area contributed by atoms with Crippen LogP contribution in [0, 0.1) is 17.3 Å². The molecule has 0 aliphatic carbocycles. The third kappa shape index (κ3) is 3.58. The van der Waals surface area contributed by atoms with Gasteiger partial charge in [0.05, 0.1) is 0 Å². The molecule has 3 atom stereocenters. The molecule has 0 amide bonds. The Hall–Kier alpha value is -0.0800. The van der Waals surface area contributed by atoms with E-state index in [2.05, 4.69) is 33.0 Å². The van der Waals surface area contributed by atoms with E-state index in [0.717, 1.165) is 19.0 Å². The highest BCUT2D eigenvalue weighted by Gasteiger charge is 2.30. The molecule has 1 rings (SSSR count). The van der Waals surface area contributed by atoms with Crippen molar-refractivity contribution < 1.29 is 0 Å². The maximum absolute atomic E-state index is 5.82. The van der Waals surface area contributed by atoms with Crippen molar-refractivity contribution in [3.8, 4) is 0 Å². The first kappa shape index (κ1) is 12.0. The highest BCUT2D eigenvalue weighted by molar-refractivity contribution is 4.85. The summed E-state index contributed by atoms with van der Waals surface area (Å²) in [5.74, 6) is 1.50. The lowest BCUT2D eigenvalue weighted by Gasteiger charge is -2.38. The van der Waals surface area contributed by atoms with E-state index >= 15 is 0 Å². The molecule has 0 aromatic heterocycles. The average Bonchev–Trinajstić information content (AvgIpc) is 2.01. The van der Waals surface area contributed by atoms with Crippen LogP contribution in [0.15, 0.2) is 0 Å². The Kier molecular flexibility index (Phi) is 3.96. The van der Waals surface area contributed by atoms with Crippen LogP contribution < -0.4 is 11.1 Å². The molecule has 0 bridgehead atoms. The summed E-state index contributed by atoms with van der Waals surface area (Å²) in [4.78, 5) is 0. The van der Waals surface area contributed by atoms with Crippen molar-refractivity contribution in [3.63, 3.8) is 0 Å². The molecule has 0 aromatic carbocycles. The first-order valence-electron chi connectivity index (χ1n) is 5.86. The molecule has 2 nitrogen and oxygen atoms in total. The van der Waals surface area contributed by atoms with Crippen LogP contribution in [-0.2, 0) is 0 Å². The lowest BCUT2D eigenvalue weighted by atomic mass is 9.74. The molecule has 84 valence electrons. The van der Waals surface area contributed by atoms with Crippen LogP contribution in [0.5, 0.6) is 0 Å². The van der Waals surface area contributed by atoms with Gasteiger partial charge in [-0.15, -0.1) is 0 Å².